The van der Waals surface area contributed by atoms with E-state index in [1.807, 2.05) is 0 Å². The van der Waals surface area contributed by atoms with Crippen LogP contribution in [0.25, 0.3) is 0 Å². The minimum Gasteiger partial charge on any atom is -0.403 e. The van der Waals surface area contributed by atoms with Crippen LogP contribution in [0.5, 0.6) is 0 Å². The van der Waals surface area contributed by atoms with Gasteiger partial charge in [-0.15, -0.1) is 0 Å². The van der Waals surface area contributed by atoms with Gasteiger partial charge in [-0.3, -0.25) is 0 Å². The van der Waals surface area contributed by atoms with Gasteiger partial charge in [0.25, 0.3) is 0 Å². The van der Waals surface area contributed by atoms with Gasteiger partial charge >= 0.3 is 7.12 Å². The van der Waals surface area contributed by atoms with Crippen molar-refractivity contribution in [2.75, 3.05) is 0 Å². The van der Waals surface area contributed by atoms with Crippen molar-refractivity contribution in [1.29, 1.82) is 0 Å². The van der Waals surface area contributed by atoms with Crippen molar-refractivity contribution in [3.05, 3.63) is 0 Å². The summed E-state index contributed by atoms with van der Waals surface area (Å²) in [4.78, 5) is 0. The second-order valence-electron chi connectivity index (χ2n) is 7.23. The highest BCUT2D eigenvalue weighted by Gasteiger charge is 2.58. The number of hydrogen-bond donors (Lipinski definition) is 0. The fraction of sp³-hybridized carbons (Fsp3) is 1.00. The molecule has 1 aliphatic heterocycles. The molecule has 2 saturated carbocycles. The van der Waals surface area contributed by atoms with Gasteiger partial charge in [-0.05, 0) is 51.8 Å². The first-order valence-corrected chi connectivity index (χ1v) is 7.26. The van der Waals surface area contributed by atoms with Crippen LogP contribution in [-0.4, -0.2) is 18.3 Å². The lowest BCUT2D eigenvalue weighted by atomic mass is 9.46. The lowest BCUT2D eigenvalue weighted by molar-refractivity contribution is 0.00578. The molecule has 0 aromatic heterocycles. The quantitative estimate of drug-likeness (QED) is 0.647. The largest absolute Gasteiger partial charge is 0.461 e. The lowest BCUT2D eigenvalue weighted by Gasteiger charge is -2.48. The molecule has 2 nitrogen and oxygen atoms in total. The average Bonchev–Trinajstić information content (AvgIpc) is 2.38. The maximum absolute atomic E-state index is 6.19. The summed E-state index contributed by atoms with van der Waals surface area (Å²) in [6.45, 7) is 8.63. The van der Waals surface area contributed by atoms with E-state index in [-0.39, 0.29) is 18.3 Å². The molecule has 3 rings (SSSR count). The van der Waals surface area contributed by atoms with E-state index < -0.39 is 0 Å². The lowest BCUT2D eigenvalue weighted by Crippen LogP contribution is -2.44. The summed E-state index contributed by atoms with van der Waals surface area (Å²) in [7, 11) is 0.0550. The van der Waals surface area contributed by atoms with Gasteiger partial charge in [0.1, 0.15) is 0 Å². The van der Waals surface area contributed by atoms with Crippen molar-refractivity contribution in [2.45, 2.75) is 76.8 Å². The van der Waals surface area contributed by atoms with Crippen LogP contribution in [0.2, 0.25) is 5.82 Å². The van der Waals surface area contributed by atoms with E-state index in [4.69, 9.17) is 9.31 Å². The predicted molar refractivity (Wildman–Crippen MR) is 69.9 cm³/mol. The Kier molecular flexibility index (Phi) is 2.65. The fourth-order valence-corrected chi connectivity index (χ4v) is 3.80. The highest BCUT2D eigenvalue weighted by molar-refractivity contribution is 6.48. The van der Waals surface area contributed by atoms with Crippen molar-refractivity contribution in [2.24, 2.45) is 11.8 Å². The van der Waals surface area contributed by atoms with Gasteiger partial charge in [-0.25, -0.2) is 0 Å². The van der Waals surface area contributed by atoms with Crippen LogP contribution in [0, 0.1) is 11.8 Å². The van der Waals surface area contributed by atoms with E-state index >= 15 is 0 Å². The highest BCUT2D eigenvalue weighted by Crippen LogP contribution is 2.57. The Bertz CT molecular complexity index is 297. The van der Waals surface area contributed by atoms with Gasteiger partial charge in [0.2, 0.25) is 0 Å². The third-order valence-electron chi connectivity index (χ3n) is 5.71. The molecule has 3 heteroatoms. The number of hydrogen-bond acceptors (Lipinski definition) is 2. The molecule has 3 unspecified atom stereocenters. The minimum absolute atomic E-state index is 0.0550. The van der Waals surface area contributed by atoms with Crippen molar-refractivity contribution in [3.63, 3.8) is 0 Å². The molecule has 17 heavy (non-hydrogen) atoms. The van der Waals surface area contributed by atoms with E-state index in [0.717, 1.165) is 11.8 Å². The van der Waals surface area contributed by atoms with Gasteiger partial charge < -0.3 is 9.31 Å². The molecule has 0 amide bonds. The molecule has 0 bridgehead atoms. The Labute approximate surface area is 106 Å². The molecule has 3 fully saturated rings. The summed E-state index contributed by atoms with van der Waals surface area (Å²) in [5.41, 5.74) is -0.311. The second-order valence-corrected chi connectivity index (χ2v) is 7.23. The van der Waals surface area contributed by atoms with Crippen molar-refractivity contribution in [1.82, 2.24) is 0 Å². The summed E-state index contributed by atoms with van der Waals surface area (Å²) in [6, 6.07) is 0. The fourth-order valence-electron chi connectivity index (χ4n) is 3.80. The molecule has 1 heterocycles. The van der Waals surface area contributed by atoms with E-state index in [1.54, 1.807) is 0 Å². The molecule has 2 aliphatic carbocycles. The van der Waals surface area contributed by atoms with Crippen molar-refractivity contribution in [3.8, 4) is 0 Å². The van der Waals surface area contributed by atoms with Crippen LogP contribution < -0.4 is 0 Å². The second kappa shape index (κ2) is 3.74. The Morgan fingerprint density at radius 1 is 0.941 bits per heavy atom. The molecule has 96 valence electrons. The zero-order valence-electron chi connectivity index (χ0n) is 11.7. The zero-order chi connectivity index (χ0) is 12.3. The molecule has 3 atom stereocenters. The third-order valence-corrected chi connectivity index (χ3v) is 5.71. The Balaban J connectivity index is 1.68. The third kappa shape index (κ3) is 1.77. The zero-order valence-corrected chi connectivity index (χ0v) is 11.7. The minimum atomic E-state index is -0.155. The van der Waals surface area contributed by atoms with Crippen LogP contribution in [0.15, 0.2) is 0 Å². The normalized spacial score (nSPS) is 43.1. The van der Waals surface area contributed by atoms with Crippen LogP contribution in [-0.2, 0) is 9.31 Å². The first-order valence-electron chi connectivity index (χ1n) is 7.26. The number of fused-ring (bicyclic) bond motifs is 1. The standard InChI is InChI=1S/C14H25BO2/c1-13(2)14(3,4)17-15(16-13)12-9-10-7-5-6-8-11(10)12/h10-12H,5-9H2,1-4H3. The smallest absolute Gasteiger partial charge is 0.403 e. The average molecular weight is 236 g/mol. The van der Waals surface area contributed by atoms with Gasteiger partial charge in [0.05, 0.1) is 11.2 Å². The van der Waals surface area contributed by atoms with E-state index in [0.29, 0.717) is 5.82 Å². The Morgan fingerprint density at radius 2 is 1.53 bits per heavy atom. The van der Waals surface area contributed by atoms with Crippen LogP contribution in [0.3, 0.4) is 0 Å². The molecule has 0 radical (unpaired) electrons. The summed E-state index contributed by atoms with van der Waals surface area (Å²) in [6.07, 6.45) is 7.04. The first-order chi connectivity index (χ1) is 7.91. The van der Waals surface area contributed by atoms with Gasteiger partial charge in [0.15, 0.2) is 0 Å². The molecule has 0 spiro atoms. The molecule has 0 aromatic rings. The molecular formula is C14H25BO2. The van der Waals surface area contributed by atoms with E-state index in [1.165, 1.54) is 32.1 Å². The number of rotatable bonds is 1. The summed E-state index contributed by atoms with van der Waals surface area (Å²) < 4.78 is 12.4. The predicted octanol–water partition coefficient (Wildman–Crippen LogP) is 3.66. The molecule has 1 saturated heterocycles. The molecule has 3 aliphatic rings. The summed E-state index contributed by atoms with van der Waals surface area (Å²) in [5, 5.41) is 0. The van der Waals surface area contributed by atoms with E-state index in [9.17, 15) is 0 Å². The van der Waals surface area contributed by atoms with Crippen molar-refractivity contribution < 1.29 is 9.31 Å². The maximum atomic E-state index is 6.19. The Hall–Kier alpha value is -0.0151. The highest BCUT2D eigenvalue weighted by atomic mass is 16.7. The Morgan fingerprint density at radius 3 is 2.12 bits per heavy atom. The maximum Gasteiger partial charge on any atom is 0.461 e. The van der Waals surface area contributed by atoms with Gasteiger partial charge in [-0.2, -0.15) is 0 Å². The van der Waals surface area contributed by atoms with Crippen molar-refractivity contribution >= 4 is 7.12 Å². The molecule has 0 aromatic carbocycles. The van der Waals surface area contributed by atoms with Crippen LogP contribution in [0.1, 0.15) is 59.8 Å². The van der Waals surface area contributed by atoms with E-state index in [2.05, 4.69) is 27.7 Å². The van der Waals surface area contributed by atoms with Crippen LogP contribution in [0.4, 0.5) is 0 Å². The monoisotopic (exact) mass is 236 g/mol. The van der Waals surface area contributed by atoms with Crippen LogP contribution >= 0.6 is 0 Å². The summed E-state index contributed by atoms with van der Waals surface area (Å²) >= 11 is 0. The first kappa shape index (κ1) is 12.0. The van der Waals surface area contributed by atoms with Gasteiger partial charge in [-0.1, -0.05) is 25.7 Å². The molecule has 0 N–H and O–H groups in total. The summed E-state index contributed by atoms with van der Waals surface area (Å²) in [5.74, 6) is 2.53. The topological polar surface area (TPSA) is 18.5 Å². The SMILES string of the molecule is CC1(C)OB(C2CC3CCCCC32)OC1(C)C. The van der Waals surface area contributed by atoms with Gasteiger partial charge in [0, 0.05) is 0 Å². The molecular weight excluding hydrogens is 211 g/mol.